The molecule has 1 fully saturated rings. The van der Waals surface area contributed by atoms with Gasteiger partial charge in [-0.2, -0.15) is 0 Å². The van der Waals surface area contributed by atoms with E-state index in [4.69, 9.17) is 4.74 Å². The fourth-order valence-electron chi connectivity index (χ4n) is 1.59. The third kappa shape index (κ3) is 2.46. The fourth-order valence-corrected chi connectivity index (χ4v) is 1.59. The Labute approximate surface area is 89.6 Å². The number of esters is 1. The van der Waals surface area contributed by atoms with E-state index in [1.54, 1.807) is 0 Å². The molecule has 0 aromatic heterocycles. The second-order valence-corrected chi connectivity index (χ2v) is 3.88. The maximum atomic E-state index is 11.3. The number of ether oxygens (including phenoxy) is 1. The lowest BCUT2D eigenvalue weighted by molar-refractivity contribution is -0.146. The first kappa shape index (κ1) is 9.97. The molecule has 0 N–H and O–H groups in total. The lowest BCUT2D eigenvalue weighted by Gasteiger charge is -2.19. The summed E-state index contributed by atoms with van der Waals surface area (Å²) in [4.78, 5) is 11.3. The van der Waals surface area contributed by atoms with Crippen molar-refractivity contribution in [2.24, 2.45) is 5.92 Å². The lowest BCUT2D eigenvalue weighted by Crippen LogP contribution is -2.20. The van der Waals surface area contributed by atoms with Gasteiger partial charge in [-0.15, -0.1) is 0 Å². The summed E-state index contributed by atoms with van der Waals surface area (Å²) in [6.45, 7) is 1.90. The number of allylic oxidation sites excluding steroid dienone is 1. The van der Waals surface area contributed by atoms with E-state index in [1.165, 1.54) is 0 Å². The zero-order valence-corrected chi connectivity index (χ0v) is 8.77. The number of cyclic esters (lactones) is 1. The normalized spacial score (nSPS) is 23.9. The van der Waals surface area contributed by atoms with Gasteiger partial charge in [0.15, 0.2) is 0 Å². The number of carbonyl (C=O) groups is 1. The third-order valence-electron chi connectivity index (χ3n) is 2.59. The van der Waals surface area contributed by atoms with Crippen molar-refractivity contribution in [3.05, 3.63) is 41.7 Å². The van der Waals surface area contributed by atoms with Gasteiger partial charge in [-0.25, -0.2) is 0 Å². The van der Waals surface area contributed by atoms with Gasteiger partial charge in [0.2, 0.25) is 0 Å². The summed E-state index contributed by atoms with van der Waals surface area (Å²) in [6, 6.07) is 9.91. The zero-order chi connectivity index (χ0) is 10.7. The number of hydrogen-bond acceptors (Lipinski definition) is 2. The van der Waals surface area contributed by atoms with Crippen LogP contribution in [-0.2, 0) is 9.53 Å². The van der Waals surface area contributed by atoms with Crippen LogP contribution in [0.2, 0.25) is 0 Å². The van der Waals surface area contributed by atoms with Crippen molar-refractivity contribution in [1.29, 1.82) is 0 Å². The maximum Gasteiger partial charge on any atom is 0.313 e. The largest absolute Gasteiger partial charge is 0.431 e. The van der Waals surface area contributed by atoms with E-state index in [1.807, 2.05) is 43.3 Å². The quantitative estimate of drug-likeness (QED) is 0.654. The second-order valence-electron chi connectivity index (χ2n) is 3.88. The van der Waals surface area contributed by atoms with Crippen LogP contribution >= 0.6 is 0 Å². The third-order valence-corrected chi connectivity index (χ3v) is 2.59. The minimum atomic E-state index is -0.108. The van der Waals surface area contributed by atoms with E-state index in [0.29, 0.717) is 0 Å². The molecule has 0 saturated carbocycles. The highest BCUT2D eigenvalue weighted by atomic mass is 16.5. The molecule has 0 amide bonds. The molecule has 78 valence electrons. The molecule has 1 saturated heterocycles. The Morgan fingerprint density at radius 2 is 2.07 bits per heavy atom. The van der Waals surface area contributed by atoms with E-state index in [9.17, 15) is 4.79 Å². The van der Waals surface area contributed by atoms with Gasteiger partial charge in [-0.05, 0) is 18.1 Å². The minimum Gasteiger partial charge on any atom is -0.431 e. The van der Waals surface area contributed by atoms with Crippen LogP contribution < -0.4 is 0 Å². The van der Waals surface area contributed by atoms with Gasteiger partial charge >= 0.3 is 5.97 Å². The van der Waals surface area contributed by atoms with Gasteiger partial charge in [-0.3, -0.25) is 4.79 Å². The Hall–Kier alpha value is -1.57. The summed E-state index contributed by atoms with van der Waals surface area (Å²) in [6.07, 6.45) is 3.67. The zero-order valence-electron chi connectivity index (χ0n) is 8.77. The SMILES string of the molecule is CC1CC/C(=C\c2ccccc2)OC1=O. The van der Waals surface area contributed by atoms with Crippen molar-refractivity contribution < 1.29 is 9.53 Å². The van der Waals surface area contributed by atoms with Crippen LogP contribution in [0.15, 0.2) is 36.1 Å². The highest BCUT2D eigenvalue weighted by Gasteiger charge is 2.22. The summed E-state index contributed by atoms with van der Waals surface area (Å²) in [5.74, 6) is 0.714. The van der Waals surface area contributed by atoms with Crippen LogP contribution in [0.1, 0.15) is 25.3 Å². The number of benzene rings is 1. The van der Waals surface area contributed by atoms with E-state index < -0.39 is 0 Å². The molecule has 1 aliphatic heterocycles. The van der Waals surface area contributed by atoms with Crippen LogP contribution in [0.4, 0.5) is 0 Å². The standard InChI is InChI=1S/C13H14O2/c1-10-7-8-12(15-13(10)14)9-11-5-3-2-4-6-11/h2-6,9-10H,7-8H2,1H3/b12-9+. The average molecular weight is 202 g/mol. The van der Waals surface area contributed by atoms with Crippen LogP contribution in [0.25, 0.3) is 6.08 Å². The molecule has 1 unspecified atom stereocenters. The number of carbonyl (C=O) groups excluding carboxylic acids is 1. The molecule has 2 heteroatoms. The number of hydrogen-bond donors (Lipinski definition) is 0. The molecule has 1 aromatic rings. The molecule has 0 spiro atoms. The molecule has 1 aliphatic rings. The van der Waals surface area contributed by atoms with E-state index in [0.717, 1.165) is 24.2 Å². The minimum absolute atomic E-state index is 0.0397. The molecule has 0 aliphatic carbocycles. The second kappa shape index (κ2) is 4.30. The van der Waals surface area contributed by atoms with Crippen molar-refractivity contribution in [3.8, 4) is 0 Å². The highest BCUT2D eigenvalue weighted by Crippen LogP contribution is 2.24. The fraction of sp³-hybridized carbons (Fsp3) is 0.308. The van der Waals surface area contributed by atoms with E-state index >= 15 is 0 Å². The molecule has 0 bridgehead atoms. The molecular formula is C13H14O2. The number of rotatable bonds is 1. The predicted molar refractivity (Wildman–Crippen MR) is 58.9 cm³/mol. The Morgan fingerprint density at radius 3 is 2.73 bits per heavy atom. The summed E-state index contributed by atoms with van der Waals surface area (Å²) < 4.78 is 5.22. The molecule has 2 rings (SSSR count). The van der Waals surface area contributed by atoms with Crippen molar-refractivity contribution in [3.63, 3.8) is 0 Å². The molecule has 1 atom stereocenters. The Kier molecular flexibility index (Phi) is 2.86. The monoisotopic (exact) mass is 202 g/mol. The first-order valence-electron chi connectivity index (χ1n) is 5.23. The van der Waals surface area contributed by atoms with Crippen LogP contribution in [0, 0.1) is 5.92 Å². The van der Waals surface area contributed by atoms with Crippen molar-refractivity contribution in [2.45, 2.75) is 19.8 Å². The van der Waals surface area contributed by atoms with Crippen molar-refractivity contribution >= 4 is 12.0 Å². The first-order valence-corrected chi connectivity index (χ1v) is 5.23. The van der Waals surface area contributed by atoms with E-state index in [-0.39, 0.29) is 11.9 Å². The van der Waals surface area contributed by atoms with Gasteiger partial charge in [0.1, 0.15) is 5.76 Å². The van der Waals surface area contributed by atoms with E-state index in [2.05, 4.69) is 0 Å². The van der Waals surface area contributed by atoms with Gasteiger partial charge in [-0.1, -0.05) is 37.3 Å². The average Bonchev–Trinajstić information content (AvgIpc) is 2.25. The molecule has 2 nitrogen and oxygen atoms in total. The molecule has 1 heterocycles. The Balaban J connectivity index is 2.12. The lowest BCUT2D eigenvalue weighted by atomic mass is 10.0. The molecular weight excluding hydrogens is 188 g/mol. The van der Waals surface area contributed by atoms with Gasteiger partial charge in [0.25, 0.3) is 0 Å². The highest BCUT2D eigenvalue weighted by molar-refractivity contribution is 5.75. The summed E-state index contributed by atoms with van der Waals surface area (Å²) in [5, 5.41) is 0. The first-order chi connectivity index (χ1) is 7.25. The summed E-state index contributed by atoms with van der Waals surface area (Å²) in [5.41, 5.74) is 1.08. The smallest absolute Gasteiger partial charge is 0.313 e. The Bertz CT molecular complexity index is 379. The maximum absolute atomic E-state index is 11.3. The van der Waals surface area contributed by atoms with Crippen LogP contribution in [0.5, 0.6) is 0 Å². The molecule has 15 heavy (non-hydrogen) atoms. The molecule has 1 aromatic carbocycles. The predicted octanol–water partition coefficient (Wildman–Crippen LogP) is 3.00. The molecule has 0 radical (unpaired) electrons. The van der Waals surface area contributed by atoms with Crippen LogP contribution in [0.3, 0.4) is 0 Å². The summed E-state index contributed by atoms with van der Waals surface area (Å²) >= 11 is 0. The van der Waals surface area contributed by atoms with Gasteiger partial charge in [0.05, 0.1) is 5.92 Å². The Morgan fingerprint density at radius 1 is 1.33 bits per heavy atom. The van der Waals surface area contributed by atoms with Gasteiger partial charge < -0.3 is 4.74 Å². The topological polar surface area (TPSA) is 26.3 Å². The summed E-state index contributed by atoms with van der Waals surface area (Å²) in [7, 11) is 0. The van der Waals surface area contributed by atoms with Crippen molar-refractivity contribution in [1.82, 2.24) is 0 Å². The van der Waals surface area contributed by atoms with Gasteiger partial charge in [0, 0.05) is 6.42 Å². The van der Waals surface area contributed by atoms with Crippen molar-refractivity contribution in [2.75, 3.05) is 0 Å². The van der Waals surface area contributed by atoms with Crippen LogP contribution in [-0.4, -0.2) is 5.97 Å².